The number of carbonyl (C=O) groups excluding carboxylic acids is 1. The number of nitrogens with zero attached hydrogens (tertiary/aromatic N) is 3. The number of fused-ring (bicyclic) bond motifs is 1. The molecule has 9 heteroatoms. The molecule has 3 N–H and O–H groups in total. The van der Waals surface area contributed by atoms with E-state index < -0.39 is 11.7 Å². The lowest BCUT2D eigenvalue weighted by atomic mass is 10.1. The number of alkyl halides is 3. The van der Waals surface area contributed by atoms with Crippen molar-refractivity contribution < 1.29 is 18.0 Å². The minimum Gasteiger partial charge on any atom is -0.381 e. The highest BCUT2D eigenvalue weighted by atomic mass is 19.4. The number of para-hydroxylation sites is 2. The highest BCUT2D eigenvalue weighted by Gasteiger charge is 2.33. The van der Waals surface area contributed by atoms with Crippen molar-refractivity contribution in [1.29, 1.82) is 0 Å². The summed E-state index contributed by atoms with van der Waals surface area (Å²) in [7, 11) is 0. The van der Waals surface area contributed by atoms with Gasteiger partial charge in [0.05, 0.1) is 23.1 Å². The van der Waals surface area contributed by atoms with Crippen molar-refractivity contribution in [2.45, 2.75) is 12.7 Å². The fourth-order valence-corrected chi connectivity index (χ4v) is 2.46. The van der Waals surface area contributed by atoms with Gasteiger partial charge in [-0.15, -0.1) is 5.10 Å². The quantitative estimate of drug-likeness (QED) is 0.553. The topological polar surface area (TPSA) is 87.4 Å². The van der Waals surface area contributed by atoms with Gasteiger partial charge in [0.2, 0.25) is 6.41 Å². The van der Waals surface area contributed by atoms with Crippen LogP contribution < -0.4 is 11.2 Å². The number of nitrogens with two attached hydrogens (primary N) is 1. The minimum atomic E-state index is -4.53. The molecular formula is C17H14F3N5O. The molecule has 134 valence electrons. The van der Waals surface area contributed by atoms with Crippen molar-refractivity contribution in [2.24, 2.45) is 5.10 Å². The Morgan fingerprint density at radius 3 is 2.58 bits per heavy atom. The number of hydrogen-bond donors (Lipinski definition) is 2. The Hall–Kier alpha value is -3.36. The van der Waals surface area contributed by atoms with E-state index in [-0.39, 0.29) is 23.4 Å². The molecule has 1 aromatic heterocycles. The Labute approximate surface area is 145 Å². The van der Waals surface area contributed by atoms with Gasteiger partial charge in [-0.25, -0.2) is 9.99 Å². The van der Waals surface area contributed by atoms with E-state index in [1.807, 2.05) is 0 Å². The average Bonchev–Trinajstić information content (AvgIpc) is 2.61. The second kappa shape index (κ2) is 6.87. The molecule has 1 amide bonds. The van der Waals surface area contributed by atoms with E-state index in [1.54, 1.807) is 24.3 Å². The van der Waals surface area contributed by atoms with Crippen LogP contribution in [-0.4, -0.2) is 21.4 Å². The van der Waals surface area contributed by atoms with Crippen LogP contribution in [0.5, 0.6) is 0 Å². The van der Waals surface area contributed by atoms with E-state index in [2.05, 4.69) is 15.1 Å². The summed E-state index contributed by atoms with van der Waals surface area (Å²) in [5, 5.41) is 4.84. The Morgan fingerprint density at radius 2 is 1.85 bits per heavy atom. The van der Waals surface area contributed by atoms with Crippen LogP contribution in [0.15, 0.2) is 53.6 Å². The summed E-state index contributed by atoms with van der Waals surface area (Å²) in [4.78, 5) is 18.4. The molecule has 2 aromatic carbocycles. The SMILES string of the molecule is Nc1nc2ccccc2[nH]/c1=N\N(C=O)Cc1ccccc1C(F)(F)F. The van der Waals surface area contributed by atoms with Crippen LogP contribution in [-0.2, 0) is 17.5 Å². The van der Waals surface area contributed by atoms with Gasteiger partial charge in [-0.2, -0.15) is 13.2 Å². The molecule has 0 spiro atoms. The molecule has 6 nitrogen and oxygen atoms in total. The van der Waals surface area contributed by atoms with Crippen LogP contribution in [0.1, 0.15) is 11.1 Å². The van der Waals surface area contributed by atoms with Crippen molar-refractivity contribution in [3.63, 3.8) is 0 Å². The summed E-state index contributed by atoms with van der Waals surface area (Å²) in [5.74, 6) is 0.0275. The highest BCUT2D eigenvalue weighted by molar-refractivity contribution is 5.74. The number of nitrogen functional groups attached to an aromatic ring is 1. The van der Waals surface area contributed by atoms with Gasteiger partial charge in [-0.3, -0.25) is 4.79 Å². The van der Waals surface area contributed by atoms with Crippen LogP contribution in [0.4, 0.5) is 19.0 Å². The number of halogens is 3. The zero-order valence-corrected chi connectivity index (χ0v) is 13.4. The van der Waals surface area contributed by atoms with Crippen molar-refractivity contribution >= 4 is 23.3 Å². The van der Waals surface area contributed by atoms with E-state index in [4.69, 9.17) is 5.73 Å². The first-order valence-electron chi connectivity index (χ1n) is 7.54. The van der Waals surface area contributed by atoms with E-state index in [9.17, 15) is 18.0 Å². The molecule has 0 fully saturated rings. The molecule has 1 heterocycles. The third-order valence-electron chi connectivity index (χ3n) is 3.65. The number of carbonyl (C=O) groups is 1. The maximum absolute atomic E-state index is 13.1. The van der Waals surface area contributed by atoms with Crippen LogP contribution in [0, 0.1) is 0 Å². The van der Waals surface area contributed by atoms with Gasteiger partial charge in [-0.05, 0) is 23.8 Å². The maximum Gasteiger partial charge on any atom is 0.416 e. The fourth-order valence-electron chi connectivity index (χ4n) is 2.46. The summed E-state index contributed by atoms with van der Waals surface area (Å²) < 4.78 is 39.3. The summed E-state index contributed by atoms with van der Waals surface area (Å²) in [6.45, 7) is -0.362. The fraction of sp³-hybridized carbons (Fsp3) is 0.118. The van der Waals surface area contributed by atoms with Gasteiger partial charge in [-0.1, -0.05) is 30.3 Å². The number of H-pyrrole nitrogens is 1. The number of rotatable bonds is 4. The van der Waals surface area contributed by atoms with Gasteiger partial charge in [0.15, 0.2) is 11.3 Å². The number of amides is 1. The predicted molar refractivity (Wildman–Crippen MR) is 89.1 cm³/mol. The normalized spacial score (nSPS) is 12.3. The van der Waals surface area contributed by atoms with E-state index in [1.165, 1.54) is 18.2 Å². The highest BCUT2D eigenvalue weighted by Crippen LogP contribution is 2.32. The molecule has 3 aromatic rings. The van der Waals surface area contributed by atoms with Crippen LogP contribution in [0.25, 0.3) is 11.0 Å². The molecule has 0 bridgehead atoms. The number of aromatic amines is 1. The second-order valence-corrected chi connectivity index (χ2v) is 5.45. The summed E-state index contributed by atoms with van der Waals surface area (Å²) >= 11 is 0. The number of hydrogen-bond acceptors (Lipinski definition) is 4. The summed E-state index contributed by atoms with van der Waals surface area (Å²) in [5.41, 5.74) is 6.23. The Balaban J connectivity index is 2.00. The molecule has 0 aliphatic rings. The predicted octanol–water partition coefficient (Wildman–Crippen LogP) is 2.64. The number of aromatic nitrogens is 2. The van der Waals surface area contributed by atoms with Crippen LogP contribution >= 0.6 is 0 Å². The number of benzene rings is 2. The lowest BCUT2D eigenvalue weighted by Crippen LogP contribution is -2.25. The standard InChI is InChI=1S/C17H14F3N5O/c18-17(19,20)12-6-2-1-5-11(12)9-25(10-26)24-16-15(21)22-13-7-3-4-8-14(13)23-16/h1-8,10H,9H2,(H2,21,22)(H,23,24). The molecule has 3 rings (SSSR count). The molecule has 0 saturated carbocycles. The molecule has 0 radical (unpaired) electrons. The van der Waals surface area contributed by atoms with Gasteiger partial charge in [0.1, 0.15) is 0 Å². The lowest BCUT2D eigenvalue weighted by molar-refractivity contribution is -0.138. The number of nitrogens with one attached hydrogen (secondary N) is 1. The van der Waals surface area contributed by atoms with Crippen molar-refractivity contribution in [2.75, 3.05) is 5.73 Å². The average molecular weight is 361 g/mol. The first-order valence-corrected chi connectivity index (χ1v) is 7.54. The largest absolute Gasteiger partial charge is 0.416 e. The van der Waals surface area contributed by atoms with Gasteiger partial charge in [0.25, 0.3) is 0 Å². The molecule has 26 heavy (non-hydrogen) atoms. The minimum absolute atomic E-state index is 0.0275. The molecule has 0 saturated heterocycles. The van der Waals surface area contributed by atoms with Crippen LogP contribution in [0.2, 0.25) is 0 Å². The van der Waals surface area contributed by atoms with Gasteiger partial charge < -0.3 is 10.7 Å². The molecule has 0 unspecified atom stereocenters. The Bertz CT molecular complexity index is 1010. The van der Waals surface area contributed by atoms with Crippen molar-refractivity contribution in [3.05, 3.63) is 65.1 Å². The first-order chi connectivity index (χ1) is 12.4. The summed E-state index contributed by atoms with van der Waals surface area (Å²) in [6, 6.07) is 12.0. The number of anilines is 1. The second-order valence-electron chi connectivity index (χ2n) is 5.45. The monoisotopic (exact) mass is 361 g/mol. The van der Waals surface area contributed by atoms with Gasteiger partial charge in [0, 0.05) is 0 Å². The molecule has 0 aliphatic carbocycles. The smallest absolute Gasteiger partial charge is 0.381 e. The Kier molecular flexibility index (Phi) is 4.61. The summed E-state index contributed by atoms with van der Waals surface area (Å²) in [6.07, 6.45) is -4.20. The van der Waals surface area contributed by atoms with Gasteiger partial charge >= 0.3 is 6.18 Å². The van der Waals surface area contributed by atoms with Crippen molar-refractivity contribution in [1.82, 2.24) is 15.0 Å². The third-order valence-corrected chi connectivity index (χ3v) is 3.65. The van der Waals surface area contributed by atoms with E-state index in [0.717, 1.165) is 11.1 Å². The van der Waals surface area contributed by atoms with E-state index >= 15 is 0 Å². The van der Waals surface area contributed by atoms with E-state index in [0.29, 0.717) is 17.4 Å². The lowest BCUT2D eigenvalue weighted by Gasteiger charge is -2.16. The van der Waals surface area contributed by atoms with Crippen molar-refractivity contribution in [3.8, 4) is 0 Å². The molecular weight excluding hydrogens is 347 g/mol. The first kappa shape index (κ1) is 17.5. The Morgan fingerprint density at radius 1 is 1.15 bits per heavy atom. The zero-order chi connectivity index (χ0) is 18.7. The zero-order valence-electron chi connectivity index (χ0n) is 13.4. The molecule has 0 atom stereocenters. The maximum atomic E-state index is 13.1. The molecule has 0 aliphatic heterocycles. The van der Waals surface area contributed by atoms with Crippen LogP contribution in [0.3, 0.4) is 0 Å². The third kappa shape index (κ3) is 3.66.